The van der Waals surface area contributed by atoms with Gasteiger partial charge in [-0.2, -0.15) is 13.2 Å². The van der Waals surface area contributed by atoms with Crippen molar-refractivity contribution in [1.82, 2.24) is 9.55 Å². The summed E-state index contributed by atoms with van der Waals surface area (Å²) in [6.45, 7) is 3.96. The van der Waals surface area contributed by atoms with Gasteiger partial charge >= 0.3 is 6.18 Å². The van der Waals surface area contributed by atoms with E-state index >= 15 is 0 Å². The van der Waals surface area contributed by atoms with Gasteiger partial charge in [-0.1, -0.05) is 13.8 Å². The van der Waals surface area contributed by atoms with E-state index in [9.17, 15) is 13.2 Å². The zero-order valence-corrected chi connectivity index (χ0v) is 11.2. The van der Waals surface area contributed by atoms with Gasteiger partial charge in [-0.25, -0.2) is 4.98 Å². The smallest absolute Gasteiger partial charge is 0.322 e. The number of alkyl halides is 3. The molecule has 1 heterocycles. The van der Waals surface area contributed by atoms with Gasteiger partial charge in [0.1, 0.15) is 0 Å². The lowest BCUT2D eigenvalue weighted by atomic mass is 10.0. The number of nitrogens with two attached hydrogens (primary N) is 1. The molecule has 108 valence electrons. The molecule has 2 aromatic rings. The normalized spacial score (nSPS) is 13.8. The van der Waals surface area contributed by atoms with Gasteiger partial charge in [0.15, 0.2) is 0 Å². The van der Waals surface area contributed by atoms with Crippen LogP contribution in [0.1, 0.15) is 31.1 Å². The van der Waals surface area contributed by atoms with E-state index < -0.39 is 11.7 Å². The molecule has 0 fully saturated rings. The van der Waals surface area contributed by atoms with Gasteiger partial charge in [-0.3, -0.25) is 0 Å². The standard InChI is InChI=1S/C14H16F3N3/c1-9(2)13(18)12-7-19-8-20(12)11-5-3-10(4-6-11)14(15,16)17/h3-9,13H,18H2,1-2H3. The summed E-state index contributed by atoms with van der Waals surface area (Å²) in [5.41, 5.74) is 6.80. The molecule has 1 atom stereocenters. The lowest BCUT2D eigenvalue weighted by Gasteiger charge is -2.18. The van der Waals surface area contributed by atoms with Crippen LogP contribution in [0.3, 0.4) is 0 Å². The second-order valence-electron chi connectivity index (χ2n) is 5.00. The average molecular weight is 283 g/mol. The highest BCUT2D eigenvalue weighted by atomic mass is 19.4. The minimum Gasteiger partial charge on any atom is -0.322 e. The summed E-state index contributed by atoms with van der Waals surface area (Å²) < 4.78 is 39.3. The van der Waals surface area contributed by atoms with E-state index in [0.29, 0.717) is 5.69 Å². The fraction of sp³-hybridized carbons (Fsp3) is 0.357. The number of aromatic nitrogens is 2. The molecule has 0 aliphatic rings. The second kappa shape index (κ2) is 5.28. The maximum Gasteiger partial charge on any atom is 0.416 e. The Kier molecular flexibility index (Phi) is 3.85. The van der Waals surface area contributed by atoms with Crippen LogP contribution < -0.4 is 5.73 Å². The number of imidazole rings is 1. The summed E-state index contributed by atoms with van der Waals surface area (Å²) in [6.07, 6.45) is -1.13. The van der Waals surface area contributed by atoms with Crippen LogP contribution in [0.25, 0.3) is 5.69 Å². The molecular weight excluding hydrogens is 267 g/mol. The topological polar surface area (TPSA) is 43.8 Å². The first-order valence-corrected chi connectivity index (χ1v) is 6.26. The molecule has 20 heavy (non-hydrogen) atoms. The summed E-state index contributed by atoms with van der Waals surface area (Å²) >= 11 is 0. The lowest BCUT2D eigenvalue weighted by molar-refractivity contribution is -0.137. The first kappa shape index (κ1) is 14.6. The van der Waals surface area contributed by atoms with Crippen LogP contribution in [0, 0.1) is 5.92 Å². The molecule has 0 spiro atoms. The fourth-order valence-corrected chi connectivity index (χ4v) is 1.92. The maximum absolute atomic E-state index is 12.5. The second-order valence-corrected chi connectivity index (χ2v) is 5.00. The third-order valence-electron chi connectivity index (χ3n) is 3.20. The van der Waals surface area contributed by atoms with Crippen molar-refractivity contribution in [2.24, 2.45) is 11.7 Å². The predicted molar refractivity (Wildman–Crippen MR) is 70.3 cm³/mol. The van der Waals surface area contributed by atoms with Crippen molar-refractivity contribution >= 4 is 0 Å². The molecule has 3 nitrogen and oxygen atoms in total. The lowest BCUT2D eigenvalue weighted by Crippen LogP contribution is -2.19. The zero-order valence-electron chi connectivity index (χ0n) is 11.2. The molecule has 0 radical (unpaired) electrons. The molecular formula is C14H16F3N3. The van der Waals surface area contributed by atoms with E-state index in [0.717, 1.165) is 17.8 Å². The number of hydrogen-bond donors (Lipinski definition) is 1. The molecule has 1 aromatic carbocycles. The summed E-state index contributed by atoms with van der Waals surface area (Å²) in [5, 5.41) is 0. The van der Waals surface area contributed by atoms with Crippen LogP contribution in [0.2, 0.25) is 0 Å². The summed E-state index contributed by atoms with van der Waals surface area (Å²) in [4.78, 5) is 4.03. The molecule has 0 saturated carbocycles. The zero-order chi connectivity index (χ0) is 14.9. The molecule has 0 saturated heterocycles. The van der Waals surface area contributed by atoms with E-state index in [-0.39, 0.29) is 12.0 Å². The molecule has 0 aliphatic heterocycles. The Morgan fingerprint density at radius 1 is 1.15 bits per heavy atom. The monoisotopic (exact) mass is 283 g/mol. The van der Waals surface area contributed by atoms with Crippen molar-refractivity contribution in [3.63, 3.8) is 0 Å². The minimum absolute atomic E-state index is 0.208. The van der Waals surface area contributed by atoms with E-state index in [1.807, 2.05) is 13.8 Å². The first-order valence-electron chi connectivity index (χ1n) is 6.26. The van der Waals surface area contributed by atoms with E-state index in [2.05, 4.69) is 4.98 Å². The van der Waals surface area contributed by atoms with Gasteiger partial charge in [-0.05, 0) is 30.2 Å². The van der Waals surface area contributed by atoms with Crippen molar-refractivity contribution in [3.05, 3.63) is 48.0 Å². The molecule has 6 heteroatoms. The van der Waals surface area contributed by atoms with E-state index in [1.54, 1.807) is 17.1 Å². The Balaban J connectivity index is 2.36. The van der Waals surface area contributed by atoms with Gasteiger partial charge in [0, 0.05) is 11.7 Å². The Morgan fingerprint density at radius 3 is 2.25 bits per heavy atom. The third kappa shape index (κ3) is 2.85. The highest BCUT2D eigenvalue weighted by Gasteiger charge is 2.30. The quantitative estimate of drug-likeness (QED) is 0.936. The highest BCUT2D eigenvalue weighted by Crippen LogP contribution is 2.30. The molecule has 1 aromatic heterocycles. The van der Waals surface area contributed by atoms with Crippen molar-refractivity contribution in [2.75, 3.05) is 0 Å². The van der Waals surface area contributed by atoms with Crippen LogP contribution in [0.5, 0.6) is 0 Å². The van der Waals surface area contributed by atoms with Gasteiger partial charge in [0.25, 0.3) is 0 Å². The van der Waals surface area contributed by atoms with Crippen molar-refractivity contribution in [1.29, 1.82) is 0 Å². The van der Waals surface area contributed by atoms with Crippen molar-refractivity contribution in [3.8, 4) is 5.69 Å². The van der Waals surface area contributed by atoms with Gasteiger partial charge in [0.05, 0.1) is 23.8 Å². The van der Waals surface area contributed by atoms with E-state index in [4.69, 9.17) is 5.73 Å². The molecule has 0 bridgehead atoms. The molecule has 2 rings (SSSR count). The summed E-state index contributed by atoms with van der Waals surface area (Å²) in [5.74, 6) is 0.208. The average Bonchev–Trinajstić information content (AvgIpc) is 2.85. The largest absolute Gasteiger partial charge is 0.416 e. The number of hydrogen-bond acceptors (Lipinski definition) is 2. The Hall–Kier alpha value is -1.82. The summed E-state index contributed by atoms with van der Waals surface area (Å²) in [6, 6.07) is 4.72. The molecule has 0 aliphatic carbocycles. The SMILES string of the molecule is CC(C)C(N)c1cncn1-c1ccc(C(F)(F)F)cc1. The van der Waals surface area contributed by atoms with Crippen LogP contribution in [0.4, 0.5) is 13.2 Å². The van der Waals surface area contributed by atoms with Gasteiger partial charge in [0.2, 0.25) is 0 Å². The van der Waals surface area contributed by atoms with Gasteiger partial charge in [-0.15, -0.1) is 0 Å². The van der Waals surface area contributed by atoms with Crippen LogP contribution >= 0.6 is 0 Å². The Morgan fingerprint density at radius 2 is 1.75 bits per heavy atom. The third-order valence-corrected chi connectivity index (χ3v) is 3.20. The minimum atomic E-state index is -4.33. The van der Waals surface area contributed by atoms with Gasteiger partial charge < -0.3 is 10.3 Å². The number of rotatable bonds is 3. The summed E-state index contributed by atoms with van der Waals surface area (Å²) in [7, 11) is 0. The van der Waals surface area contributed by atoms with Crippen LogP contribution in [-0.4, -0.2) is 9.55 Å². The predicted octanol–water partition coefficient (Wildman–Crippen LogP) is 3.55. The molecule has 0 amide bonds. The fourth-order valence-electron chi connectivity index (χ4n) is 1.92. The first-order chi connectivity index (χ1) is 9.30. The number of benzene rings is 1. The Bertz CT molecular complexity index is 570. The molecule has 1 unspecified atom stereocenters. The van der Waals surface area contributed by atoms with Crippen molar-refractivity contribution < 1.29 is 13.2 Å². The van der Waals surface area contributed by atoms with Crippen LogP contribution in [0.15, 0.2) is 36.8 Å². The van der Waals surface area contributed by atoms with E-state index in [1.165, 1.54) is 12.1 Å². The maximum atomic E-state index is 12.5. The number of halogens is 3. The number of nitrogens with zero attached hydrogens (tertiary/aromatic N) is 2. The van der Waals surface area contributed by atoms with Crippen LogP contribution in [-0.2, 0) is 6.18 Å². The highest BCUT2D eigenvalue weighted by molar-refractivity contribution is 5.37. The molecule has 2 N–H and O–H groups in total. The van der Waals surface area contributed by atoms with Crippen molar-refractivity contribution in [2.45, 2.75) is 26.1 Å². The Labute approximate surface area is 115 Å².